The van der Waals surface area contributed by atoms with Gasteiger partial charge in [0.15, 0.2) is 5.95 Å². The number of phenols is 1. The Hall–Kier alpha value is -3.36. The average Bonchev–Trinajstić information content (AvgIpc) is 3.26. The van der Waals surface area contributed by atoms with Crippen molar-refractivity contribution in [3.05, 3.63) is 53.6 Å². The van der Waals surface area contributed by atoms with E-state index in [0.717, 1.165) is 36.2 Å². The van der Waals surface area contributed by atoms with Crippen molar-refractivity contribution >= 4 is 11.9 Å². The molecule has 2 aromatic heterocycles. The van der Waals surface area contributed by atoms with E-state index in [1.807, 2.05) is 12.1 Å². The topological polar surface area (TPSA) is 135 Å². The number of hydrogen-bond acceptors (Lipinski definition) is 6. The second-order valence-corrected chi connectivity index (χ2v) is 6.32. The maximum Gasteiger partial charge on any atom is 0.241 e. The number of nitrogens with zero attached hydrogens (tertiary/aromatic N) is 4. The molecule has 0 spiro atoms. The number of benzene rings is 1. The van der Waals surface area contributed by atoms with Crippen molar-refractivity contribution in [3.63, 3.8) is 0 Å². The maximum atomic E-state index is 12.0. The largest absolute Gasteiger partial charge is 0.508 e. The van der Waals surface area contributed by atoms with E-state index in [-0.39, 0.29) is 18.2 Å². The van der Waals surface area contributed by atoms with E-state index in [9.17, 15) is 9.90 Å². The number of amides is 1. The van der Waals surface area contributed by atoms with Gasteiger partial charge in [-0.2, -0.15) is 0 Å². The molecule has 0 fully saturated rings. The highest BCUT2D eigenvalue weighted by molar-refractivity contribution is 5.75. The molecular weight excluding hydrogens is 346 g/mol. The van der Waals surface area contributed by atoms with Gasteiger partial charge in [0.2, 0.25) is 5.91 Å². The van der Waals surface area contributed by atoms with Gasteiger partial charge in [0.1, 0.15) is 12.3 Å². The first-order valence-electron chi connectivity index (χ1n) is 8.81. The van der Waals surface area contributed by atoms with Crippen LogP contribution in [0.3, 0.4) is 0 Å². The van der Waals surface area contributed by atoms with Gasteiger partial charge in [-0.05, 0) is 43.4 Å². The fraction of sp³-hybridized carbons (Fsp3) is 0.333. The molecule has 0 atom stereocenters. The number of phenolic OH excluding ortho intramolecular Hbond substituents is 1. The fourth-order valence-electron chi connectivity index (χ4n) is 2.71. The van der Waals surface area contributed by atoms with E-state index < -0.39 is 0 Å². The summed E-state index contributed by atoms with van der Waals surface area (Å²) in [4.78, 5) is 19.0. The molecule has 9 heteroatoms. The molecule has 0 aliphatic carbocycles. The predicted molar refractivity (Wildman–Crippen MR) is 99.9 cm³/mol. The van der Waals surface area contributed by atoms with Crippen molar-refractivity contribution < 1.29 is 9.90 Å². The van der Waals surface area contributed by atoms with E-state index in [0.29, 0.717) is 18.9 Å². The number of aryl methyl sites for hydroxylation is 2. The summed E-state index contributed by atoms with van der Waals surface area (Å²) in [5, 5.41) is 20.2. The number of aromatic nitrogens is 5. The van der Waals surface area contributed by atoms with Crippen LogP contribution in [0.1, 0.15) is 23.4 Å². The zero-order valence-electron chi connectivity index (χ0n) is 14.9. The summed E-state index contributed by atoms with van der Waals surface area (Å²) in [5.74, 6) is 0.545. The molecule has 0 radical (unpaired) electrons. The first-order valence-corrected chi connectivity index (χ1v) is 8.81. The Balaban J connectivity index is 1.36. The Kier molecular flexibility index (Phi) is 6.03. The summed E-state index contributed by atoms with van der Waals surface area (Å²) in [5.41, 5.74) is 8.44. The first kappa shape index (κ1) is 18.4. The van der Waals surface area contributed by atoms with Crippen LogP contribution in [0.5, 0.6) is 5.75 Å². The fourth-order valence-corrected chi connectivity index (χ4v) is 2.71. The minimum atomic E-state index is -0.113. The molecule has 5 N–H and O–H groups in total. The van der Waals surface area contributed by atoms with Gasteiger partial charge < -0.3 is 21.1 Å². The summed E-state index contributed by atoms with van der Waals surface area (Å²) in [6.45, 7) is 0.665. The lowest BCUT2D eigenvalue weighted by molar-refractivity contribution is -0.121. The molecule has 3 aromatic rings. The number of nitrogens with one attached hydrogen (secondary N) is 2. The van der Waals surface area contributed by atoms with E-state index in [1.165, 1.54) is 0 Å². The molecular formula is C18H23N7O2. The molecule has 0 aliphatic rings. The number of anilines is 1. The number of H-pyrrole nitrogens is 1. The molecule has 0 aliphatic heterocycles. The number of rotatable bonds is 9. The third-order valence-electron chi connectivity index (χ3n) is 4.09. The molecule has 0 unspecified atom stereocenters. The molecule has 0 saturated carbocycles. The smallest absolute Gasteiger partial charge is 0.241 e. The Morgan fingerprint density at radius 2 is 2.04 bits per heavy atom. The minimum Gasteiger partial charge on any atom is -0.508 e. The number of aromatic hydroxyl groups is 1. The third kappa shape index (κ3) is 5.84. The first-order chi connectivity index (χ1) is 13.1. The Labute approximate surface area is 156 Å². The molecule has 2 heterocycles. The predicted octanol–water partition coefficient (Wildman–Crippen LogP) is 0.823. The number of nitrogens with two attached hydrogens (primary N) is 1. The average molecular weight is 369 g/mol. The molecule has 0 bridgehead atoms. The Bertz CT molecular complexity index is 870. The van der Waals surface area contributed by atoms with Gasteiger partial charge in [0, 0.05) is 18.4 Å². The van der Waals surface area contributed by atoms with Gasteiger partial charge in [0.05, 0.1) is 11.9 Å². The van der Waals surface area contributed by atoms with Crippen molar-refractivity contribution in [1.82, 2.24) is 30.3 Å². The van der Waals surface area contributed by atoms with Crippen molar-refractivity contribution in [1.29, 1.82) is 0 Å². The van der Waals surface area contributed by atoms with E-state index in [1.54, 1.807) is 29.2 Å². The summed E-state index contributed by atoms with van der Waals surface area (Å²) >= 11 is 0. The summed E-state index contributed by atoms with van der Waals surface area (Å²) in [6, 6.07) is 6.94. The van der Waals surface area contributed by atoms with Crippen LogP contribution in [0.2, 0.25) is 0 Å². The number of carbonyl (C=O) groups is 1. The van der Waals surface area contributed by atoms with Crippen molar-refractivity contribution in [2.45, 2.75) is 32.2 Å². The van der Waals surface area contributed by atoms with E-state index >= 15 is 0 Å². The second kappa shape index (κ2) is 8.84. The van der Waals surface area contributed by atoms with Crippen molar-refractivity contribution in [3.8, 4) is 5.75 Å². The molecule has 1 amide bonds. The van der Waals surface area contributed by atoms with Crippen LogP contribution in [0.25, 0.3) is 0 Å². The normalized spacial score (nSPS) is 10.8. The van der Waals surface area contributed by atoms with E-state index in [2.05, 4.69) is 25.6 Å². The lowest BCUT2D eigenvalue weighted by Crippen LogP contribution is -2.29. The SMILES string of the molecule is Nc1ncc(CCCc2cn(CC(=O)NCCc3ccc(O)cc3)nn2)[nH]1. The Morgan fingerprint density at radius 3 is 2.78 bits per heavy atom. The monoisotopic (exact) mass is 369 g/mol. The van der Waals surface area contributed by atoms with Gasteiger partial charge in [-0.25, -0.2) is 9.67 Å². The second-order valence-electron chi connectivity index (χ2n) is 6.32. The van der Waals surface area contributed by atoms with Gasteiger partial charge in [-0.15, -0.1) is 5.10 Å². The third-order valence-corrected chi connectivity index (χ3v) is 4.09. The van der Waals surface area contributed by atoms with Crippen LogP contribution in [-0.2, 0) is 30.6 Å². The molecule has 9 nitrogen and oxygen atoms in total. The highest BCUT2D eigenvalue weighted by atomic mass is 16.3. The number of hydrogen-bond donors (Lipinski definition) is 4. The van der Waals surface area contributed by atoms with Gasteiger partial charge in [-0.3, -0.25) is 4.79 Å². The van der Waals surface area contributed by atoms with Crippen LogP contribution in [0.15, 0.2) is 36.7 Å². The highest BCUT2D eigenvalue weighted by Crippen LogP contribution is 2.09. The maximum absolute atomic E-state index is 12.0. The molecule has 1 aromatic carbocycles. The van der Waals surface area contributed by atoms with Gasteiger partial charge in [-0.1, -0.05) is 17.3 Å². The quantitative estimate of drug-likeness (QED) is 0.441. The summed E-state index contributed by atoms with van der Waals surface area (Å²) in [6.07, 6.45) is 6.71. The van der Waals surface area contributed by atoms with Crippen molar-refractivity contribution in [2.75, 3.05) is 12.3 Å². The molecule has 3 rings (SSSR count). The molecule has 142 valence electrons. The number of imidazole rings is 1. The van der Waals surface area contributed by atoms with Crippen LogP contribution < -0.4 is 11.1 Å². The lowest BCUT2D eigenvalue weighted by Gasteiger charge is -2.05. The van der Waals surface area contributed by atoms with Crippen LogP contribution in [0.4, 0.5) is 5.95 Å². The van der Waals surface area contributed by atoms with Gasteiger partial charge in [0.25, 0.3) is 0 Å². The standard InChI is InChI=1S/C18H23N7O2/c19-18-21-10-14(22-18)2-1-3-15-11-25(24-23-15)12-17(27)20-9-8-13-4-6-16(26)7-5-13/h4-7,10-11,26H,1-3,8-9,12H2,(H,20,27)(H3,19,21,22). The summed E-state index contributed by atoms with van der Waals surface area (Å²) < 4.78 is 1.54. The molecule has 27 heavy (non-hydrogen) atoms. The number of aromatic amines is 1. The molecule has 0 saturated heterocycles. The summed E-state index contributed by atoms with van der Waals surface area (Å²) in [7, 11) is 0. The Morgan fingerprint density at radius 1 is 1.22 bits per heavy atom. The minimum absolute atomic E-state index is 0.113. The zero-order valence-corrected chi connectivity index (χ0v) is 14.9. The van der Waals surface area contributed by atoms with Crippen LogP contribution in [-0.4, -0.2) is 42.5 Å². The van der Waals surface area contributed by atoms with Crippen LogP contribution >= 0.6 is 0 Å². The lowest BCUT2D eigenvalue weighted by atomic mass is 10.1. The zero-order chi connectivity index (χ0) is 19.1. The number of carbonyl (C=O) groups excluding carboxylic acids is 1. The van der Waals surface area contributed by atoms with Crippen molar-refractivity contribution in [2.24, 2.45) is 0 Å². The van der Waals surface area contributed by atoms with Gasteiger partial charge >= 0.3 is 0 Å². The number of nitrogen functional groups attached to an aromatic ring is 1. The van der Waals surface area contributed by atoms with Crippen LogP contribution in [0, 0.1) is 0 Å². The van der Waals surface area contributed by atoms with E-state index in [4.69, 9.17) is 5.73 Å². The highest BCUT2D eigenvalue weighted by Gasteiger charge is 2.07.